The van der Waals surface area contributed by atoms with E-state index in [9.17, 15) is 4.79 Å². The summed E-state index contributed by atoms with van der Waals surface area (Å²) in [7, 11) is 0. The van der Waals surface area contributed by atoms with Crippen LogP contribution in [0.4, 0.5) is 0 Å². The summed E-state index contributed by atoms with van der Waals surface area (Å²) in [5.41, 5.74) is -0.814. The number of carboxylic acids is 1. The zero-order valence-electron chi connectivity index (χ0n) is 9.67. The highest BCUT2D eigenvalue weighted by atomic mass is 35.5. The van der Waals surface area contributed by atoms with Crippen molar-refractivity contribution in [2.45, 2.75) is 20.3 Å². The molecule has 0 atom stereocenters. The highest BCUT2D eigenvalue weighted by Gasteiger charge is 2.26. The van der Waals surface area contributed by atoms with E-state index in [-0.39, 0.29) is 6.61 Å². The number of hydrogen-bond acceptors (Lipinski definition) is 2. The van der Waals surface area contributed by atoms with E-state index in [4.69, 9.17) is 33.0 Å². The average molecular weight is 277 g/mol. The van der Waals surface area contributed by atoms with Crippen LogP contribution >= 0.6 is 23.2 Å². The molecule has 0 aliphatic carbocycles. The first-order valence-electron chi connectivity index (χ1n) is 5.15. The molecule has 0 aliphatic heterocycles. The Morgan fingerprint density at radius 3 is 2.65 bits per heavy atom. The van der Waals surface area contributed by atoms with Crippen LogP contribution in [0, 0.1) is 5.41 Å². The highest BCUT2D eigenvalue weighted by molar-refractivity contribution is 6.42. The van der Waals surface area contributed by atoms with Crippen molar-refractivity contribution in [3.63, 3.8) is 0 Å². The molecular weight excluding hydrogens is 263 g/mol. The van der Waals surface area contributed by atoms with Gasteiger partial charge in [0.15, 0.2) is 0 Å². The van der Waals surface area contributed by atoms with Gasteiger partial charge in [-0.1, -0.05) is 29.3 Å². The van der Waals surface area contributed by atoms with Crippen LogP contribution in [-0.2, 0) is 4.79 Å². The Labute approximate surface area is 110 Å². The summed E-state index contributed by atoms with van der Waals surface area (Å²) < 4.78 is 5.42. The highest BCUT2D eigenvalue weighted by Crippen LogP contribution is 2.32. The van der Waals surface area contributed by atoms with Gasteiger partial charge in [-0.05, 0) is 32.4 Å². The number of aliphatic carboxylic acids is 1. The molecule has 0 radical (unpaired) electrons. The Balaban J connectivity index is 2.58. The summed E-state index contributed by atoms with van der Waals surface area (Å²) >= 11 is 11.8. The Kier molecular flexibility index (Phi) is 4.66. The van der Waals surface area contributed by atoms with E-state index in [0.717, 1.165) is 0 Å². The van der Waals surface area contributed by atoms with Gasteiger partial charge in [-0.3, -0.25) is 4.79 Å². The molecule has 0 bridgehead atoms. The minimum atomic E-state index is -0.849. The largest absolute Gasteiger partial charge is 0.492 e. The third kappa shape index (κ3) is 3.79. The predicted molar refractivity (Wildman–Crippen MR) is 68.0 cm³/mol. The van der Waals surface area contributed by atoms with Gasteiger partial charge in [0.2, 0.25) is 0 Å². The zero-order chi connectivity index (χ0) is 13.1. The van der Waals surface area contributed by atoms with Crippen LogP contribution in [0.2, 0.25) is 10.0 Å². The summed E-state index contributed by atoms with van der Waals surface area (Å²) in [5.74, 6) is -0.376. The predicted octanol–water partition coefficient (Wildman–Crippen LogP) is 3.87. The van der Waals surface area contributed by atoms with E-state index in [1.165, 1.54) is 0 Å². The number of ether oxygens (including phenoxy) is 1. The number of benzene rings is 1. The van der Waals surface area contributed by atoms with Crippen LogP contribution in [0.1, 0.15) is 20.3 Å². The summed E-state index contributed by atoms with van der Waals surface area (Å²) in [4.78, 5) is 10.9. The minimum Gasteiger partial charge on any atom is -0.492 e. The van der Waals surface area contributed by atoms with Crippen molar-refractivity contribution in [2.24, 2.45) is 5.41 Å². The Hall–Kier alpha value is -0.930. The van der Waals surface area contributed by atoms with Crippen molar-refractivity contribution < 1.29 is 14.6 Å². The lowest BCUT2D eigenvalue weighted by molar-refractivity contribution is -0.147. The third-order valence-electron chi connectivity index (χ3n) is 2.48. The SMILES string of the molecule is CC(C)(CCOc1cccc(Cl)c1Cl)C(=O)O. The first-order chi connectivity index (χ1) is 7.84. The third-order valence-corrected chi connectivity index (χ3v) is 3.28. The fraction of sp³-hybridized carbons (Fsp3) is 0.417. The van der Waals surface area contributed by atoms with Gasteiger partial charge in [0.1, 0.15) is 10.8 Å². The minimum absolute atomic E-state index is 0.277. The molecule has 0 spiro atoms. The van der Waals surface area contributed by atoms with Crippen molar-refractivity contribution in [2.75, 3.05) is 6.61 Å². The summed E-state index contributed by atoms with van der Waals surface area (Å²) in [6, 6.07) is 5.09. The lowest BCUT2D eigenvalue weighted by atomic mass is 9.90. The second kappa shape index (κ2) is 5.61. The van der Waals surface area contributed by atoms with E-state index < -0.39 is 11.4 Å². The van der Waals surface area contributed by atoms with Gasteiger partial charge in [0, 0.05) is 0 Å². The van der Waals surface area contributed by atoms with Crippen molar-refractivity contribution in [3.05, 3.63) is 28.2 Å². The van der Waals surface area contributed by atoms with Crippen LogP contribution in [0.25, 0.3) is 0 Å². The van der Waals surface area contributed by atoms with Gasteiger partial charge in [-0.15, -0.1) is 0 Å². The number of halogens is 2. The maximum absolute atomic E-state index is 10.9. The molecule has 1 N–H and O–H groups in total. The molecule has 0 aromatic heterocycles. The fourth-order valence-electron chi connectivity index (χ4n) is 1.12. The molecule has 1 aromatic carbocycles. The van der Waals surface area contributed by atoms with Gasteiger partial charge in [0.05, 0.1) is 17.0 Å². The van der Waals surface area contributed by atoms with Crippen molar-refractivity contribution in [1.29, 1.82) is 0 Å². The Morgan fingerprint density at radius 1 is 1.41 bits per heavy atom. The second-order valence-electron chi connectivity index (χ2n) is 4.34. The zero-order valence-corrected chi connectivity index (χ0v) is 11.2. The van der Waals surface area contributed by atoms with E-state index in [1.807, 2.05) is 0 Å². The van der Waals surface area contributed by atoms with E-state index in [2.05, 4.69) is 0 Å². The molecule has 0 unspecified atom stereocenters. The van der Waals surface area contributed by atoms with Crippen LogP contribution in [-0.4, -0.2) is 17.7 Å². The summed E-state index contributed by atoms with van der Waals surface area (Å²) in [6.07, 6.45) is 0.394. The monoisotopic (exact) mass is 276 g/mol. The Bertz CT molecular complexity index is 416. The fourth-order valence-corrected chi connectivity index (χ4v) is 1.46. The number of rotatable bonds is 5. The van der Waals surface area contributed by atoms with Crippen molar-refractivity contribution >= 4 is 29.2 Å². The van der Waals surface area contributed by atoms with Crippen LogP contribution in [0.3, 0.4) is 0 Å². The van der Waals surface area contributed by atoms with E-state index >= 15 is 0 Å². The summed E-state index contributed by atoms with van der Waals surface area (Å²) in [5, 5.41) is 9.70. The topological polar surface area (TPSA) is 46.5 Å². The van der Waals surface area contributed by atoms with Crippen LogP contribution < -0.4 is 4.74 Å². The smallest absolute Gasteiger partial charge is 0.309 e. The van der Waals surface area contributed by atoms with Crippen LogP contribution in [0.15, 0.2) is 18.2 Å². The normalized spacial score (nSPS) is 11.3. The molecule has 0 saturated heterocycles. The standard InChI is InChI=1S/C12H14Cl2O3/c1-12(2,11(15)16)6-7-17-9-5-3-4-8(13)10(9)14/h3-5H,6-7H2,1-2H3,(H,15,16). The van der Waals surface area contributed by atoms with E-state index in [0.29, 0.717) is 22.2 Å². The van der Waals surface area contributed by atoms with Gasteiger partial charge < -0.3 is 9.84 Å². The molecular formula is C12H14Cl2O3. The Morgan fingerprint density at radius 2 is 2.06 bits per heavy atom. The molecule has 0 fully saturated rings. The maximum atomic E-state index is 10.9. The van der Waals surface area contributed by atoms with Gasteiger partial charge in [-0.2, -0.15) is 0 Å². The lowest BCUT2D eigenvalue weighted by Crippen LogP contribution is -2.25. The second-order valence-corrected chi connectivity index (χ2v) is 5.12. The molecule has 0 aliphatic rings. The van der Waals surface area contributed by atoms with E-state index in [1.54, 1.807) is 32.0 Å². The molecule has 94 valence electrons. The lowest BCUT2D eigenvalue weighted by Gasteiger charge is -2.19. The molecule has 1 aromatic rings. The van der Waals surface area contributed by atoms with Gasteiger partial charge in [-0.25, -0.2) is 0 Å². The van der Waals surface area contributed by atoms with Crippen LogP contribution in [0.5, 0.6) is 5.75 Å². The van der Waals surface area contributed by atoms with Gasteiger partial charge in [0.25, 0.3) is 0 Å². The number of hydrogen-bond donors (Lipinski definition) is 1. The number of carbonyl (C=O) groups is 1. The number of carboxylic acid groups (broad SMARTS) is 1. The molecule has 0 saturated carbocycles. The van der Waals surface area contributed by atoms with Crippen molar-refractivity contribution in [3.8, 4) is 5.75 Å². The average Bonchev–Trinajstić information content (AvgIpc) is 2.24. The molecule has 0 amide bonds. The first-order valence-corrected chi connectivity index (χ1v) is 5.90. The molecule has 0 heterocycles. The molecule has 5 heteroatoms. The molecule has 1 rings (SSSR count). The first kappa shape index (κ1) is 14.1. The molecule has 17 heavy (non-hydrogen) atoms. The maximum Gasteiger partial charge on any atom is 0.309 e. The summed E-state index contributed by atoms with van der Waals surface area (Å²) in [6.45, 7) is 3.58. The quantitative estimate of drug-likeness (QED) is 0.888. The molecule has 3 nitrogen and oxygen atoms in total. The van der Waals surface area contributed by atoms with Crippen molar-refractivity contribution in [1.82, 2.24) is 0 Å². The van der Waals surface area contributed by atoms with Gasteiger partial charge >= 0.3 is 5.97 Å².